The van der Waals surface area contributed by atoms with Crippen LogP contribution in [-0.2, 0) is 9.59 Å². The lowest BCUT2D eigenvalue weighted by molar-refractivity contribution is -0.137. The number of carbonyl (C=O) groups excluding carboxylic acids is 1. The molecule has 102 valence electrons. The lowest BCUT2D eigenvalue weighted by Crippen LogP contribution is -2.35. The van der Waals surface area contributed by atoms with Crippen LogP contribution in [0.4, 0.5) is 0 Å². The van der Waals surface area contributed by atoms with Gasteiger partial charge in [0.25, 0.3) is 0 Å². The number of carbonyl (C=O) groups is 2. The summed E-state index contributed by atoms with van der Waals surface area (Å²) < 4.78 is 0. The Kier molecular flexibility index (Phi) is 6.15. The van der Waals surface area contributed by atoms with Crippen molar-refractivity contribution in [2.24, 2.45) is 0 Å². The van der Waals surface area contributed by atoms with Crippen LogP contribution in [-0.4, -0.2) is 28.8 Å². The van der Waals surface area contributed by atoms with Crippen LogP contribution in [0.5, 0.6) is 0 Å². The van der Waals surface area contributed by atoms with Crippen LogP contribution < -0.4 is 5.32 Å². The van der Waals surface area contributed by atoms with E-state index in [1.165, 1.54) is 0 Å². The molecule has 0 spiro atoms. The molecule has 0 fully saturated rings. The van der Waals surface area contributed by atoms with Crippen LogP contribution in [0.25, 0.3) is 6.08 Å². The van der Waals surface area contributed by atoms with Crippen molar-refractivity contribution in [3.05, 3.63) is 41.5 Å². The molecule has 0 saturated heterocycles. The number of thiol groups is 1. The first kappa shape index (κ1) is 15.3. The summed E-state index contributed by atoms with van der Waals surface area (Å²) in [5.74, 6) is -0.930. The monoisotopic (exact) mass is 279 g/mol. The highest BCUT2D eigenvalue weighted by Gasteiger charge is 2.13. The first-order chi connectivity index (χ1) is 9.02. The molecule has 1 aromatic rings. The van der Waals surface area contributed by atoms with E-state index in [9.17, 15) is 9.59 Å². The van der Waals surface area contributed by atoms with Crippen LogP contribution in [0, 0.1) is 0 Å². The minimum Gasteiger partial charge on any atom is -0.481 e. The van der Waals surface area contributed by atoms with Gasteiger partial charge in [-0.1, -0.05) is 30.3 Å². The Morgan fingerprint density at radius 2 is 2.00 bits per heavy atom. The van der Waals surface area contributed by atoms with E-state index in [0.29, 0.717) is 11.3 Å². The van der Waals surface area contributed by atoms with Crippen molar-refractivity contribution in [2.45, 2.75) is 19.4 Å². The van der Waals surface area contributed by atoms with Crippen molar-refractivity contribution in [3.8, 4) is 0 Å². The molecule has 0 aromatic heterocycles. The first-order valence-corrected chi connectivity index (χ1v) is 6.55. The molecule has 0 aliphatic rings. The van der Waals surface area contributed by atoms with Crippen LogP contribution in [0.3, 0.4) is 0 Å². The summed E-state index contributed by atoms with van der Waals surface area (Å²) in [5.41, 5.74) is 1.42. The largest absolute Gasteiger partial charge is 0.481 e. The molecule has 0 radical (unpaired) electrons. The zero-order valence-corrected chi connectivity index (χ0v) is 11.6. The second-order valence-corrected chi connectivity index (χ2v) is 4.53. The number of carboxylic acid groups (broad SMARTS) is 1. The molecule has 2 N–H and O–H groups in total. The van der Waals surface area contributed by atoms with Crippen LogP contribution in [0.2, 0.25) is 0 Å². The normalized spacial score (nSPS) is 12.8. The number of rotatable bonds is 6. The second-order valence-electron chi connectivity index (χ2n) is 4.21. The van der Waals surface area contributed by atoms with Crippen molar-refractivity contribution < 1.29 is 14.7 Å². The molecule has 1 rings (SSSR count). The average Bonchev–Trinajstić information content (AvgIpc) is 2.35. The maximum absolute atomic E-state index is 11.9. The van der Waals surface area contributed by atoms with E-state index < -0.39 is 12.0 Å². The number of hydrogen-bond acceptors (Lipinski definition) is 3. The molecule has 0 heterocycles. The lowest BCUT2D eigenvalue weighted by Gasteiger charge is -2.12. The van der Waals surface area contributed by atoms with E-state index >= 15 is 0 Å². The second kappa shape index (κ2) is 7.63. The Hall–Kier alpha value is -1.75. The molecule has 1 unspecified atom stereocenters. The summed E-state index contributed by atoms with van der Waals surface area (Å²) in [7, 11) is 0. The average molecular weight is 279 g/mol. The van der Waals surface area contributed by atoms with Gasteiger partial charge in [-0.15, -0.1) is 0 Å². The molecule has 1 amide bonds. The molecule has 1 atom stereocenters. The standard InChI is InChI=1S/C14H17NO3S/c1-10(7-13(16)17)15-14(18)12(9-19)8-11-5-3-2-4-6-11/h2-6,8,10,19H,7,9H2,1H3,(H,15,18)(H,16,17). The number of amides is 1. The summed E-state index contributed by atoms with van der Waals surface area (Å²) >= 11 is 4.13. The highest BCUT2D eigenvalue weighted by Crippen LogP contribution is 2.08. The van der Waals surface area contributed by atoms with Gasteiger partial charge in [0.1, 0.15) is 0 Å². The Bertz CT molecular complexity index is 471. The third-order valence-electron chi connectivity index (χ3n) is 2.46. The molecule has 19 heavy (non-hydrogen) atoms. The lowest BCUT2D eigenvalue weighted by atomic mass is 10.1. The summed E-state index contributed by atoms with van der Waals surface area (Å²) in [6.45, 7) is 1.66. The number of carboxylic acids is 1. The molecule has 1 aromatic carbocycles. The van der Waals surface area contributed by atoms with Gasteiger partial charge in [0.05, 0.1) is 6.42 Å². The number of hydrogen-bond donors (Lipinski definition) is 3. The predicted molar refractivity (Wildman–Crippen MR) is 78.1 cm³/mol. The Morgan fingerprint density at radius 3 is 2.53 bits per heavy atom. The molecule has 0 bridgehead atoms. The molecule has 5 heteroatoms. The van der Waals surface area contributed by atoms with Gasteiger partial charge in [-0.2, -0.15) is 12.6 Å². The summed E-state index contributed by atoms with van der Waals surface area (Å²) in [6, 6.07) is 9.02. The fourth-order valence-electron chi connectivity index (χ4n) is 1.56. The topological polar surface area (TPSA) is 66.4 Å². The van der Waals surface area contributed by atoms with E-state index in [1.807, 2.05) is 30.3 Å². The van der Waals surface area contributed by atoms with Crippen molar-refractivity contribution in [1.29, 1.82) is 0 Å². The predicted octanol–water partition coefficient (Wildman–Crippen LogP) is 1.98. The maximum Gasteiger partial charge on any atom is 0.305 e. The Labute approximate surface area is 117 Å². The van der Waals surface area contributed by atoms with E-state index in [2.05, 4.69) is 17.9 Å². The quantitative estimate of drug-likeness (QED) is 0.551. The van der Waals surface area contributed by atoms with Gasteiger partial charge in [-0.3, -0.25) is 9.59 Å². The van der Waals surface area contributed by atoms with Gasteiger partial charge in [-0.25, -0.2) is 0 Å². The molecular weight excluding hydrogens is 262 g/mol. The zero-order valence-electron chi connectivity index (χ0n) is 10.7. The third-order valence-corrected chi connectivity index (χ3v) is 2.80. The van der Waals surface area contributed by atoms with Crippen molar-refractivity contribution in [2.75, 3.05) is 5.75 Å². The summed E-state index contributed by atoms with van der Waals surface area (Å²) in [6.07, 6.45) is 1.65. The number of benzene rings is 1. The van der Waals surface area contributed by atoms with Crippen LogP contribution in [0.1, 0.15) is 18.9 Å². The summed E-state index contributed by atoms with van der Waals surface area (Å²) in [4.78, 5) is 22.5. The van der Waals surface area contributed by atoms with Crippen LogP contribution >= 0.6 is 12.6 Å². The van der Waals surface area contributed by atoms with Gasteiger partial charge < -0.3 is 10.4 Å². The van der Waals surface area contributed by atoms with Gasteiger partial charge in [0.15, 0.2) is 0 Å². The van der Waals surface area contributed by atoms with Crippen molar-refractivity contribution in [3.63, 3.8) is 0 Å². The Balaban J connectivity index is 2.72. The molecule has 4 nitrogen and oxygen atoms in total. The van der Waals surface area contributed by atoms with Gasteiger partial charge in [0.2, 0.25) is 5.91 Å². The van der Waals surface area contributed by atoms with Gasteiger partial charge in [0, 0.05) is 17.4 Å². The molecule has 0 aliphatic carbocycles. The van der Waals surface area contributed by atoms with Gasteiger partial charge >= 0.3 is 5.97 Å². The number of nitrogens with one attached hydrogen (secondary N) is 1. The van der Waals surface area contributed by atoms with E-state index in [4.69, 9.17) is 5.11 Å². The van der Waals surface area contributed by atoms with Gasteiger partial charge in [-0.05, 0) is 18.6 Å². The smallest absolute Gasteiger partial charge is 0.305 e. The van der Waals surface area contributed by atoms with E-state index in [1.54, 1.807) is 13.0 Å². The number of aliphatic carboxylic acids is 1. The SMILES string of the molecule is CC(CC(=O)O)NC(=O)C(=Cc1ccccc1)CS. The fourth-order valence-corrected chi connectivity index (χ4v) is 1.80. The highest BCUT2D eigenvalue weighted by molar-refractivity contribution is 7.80. The fraction of sp³-hybridized carbons (Fsp3) is 0.286. The first-order valence-electron chi connectivity index (χ1n) is 5.92. The minimum absolute atomic E-state index is 0.100. The molecule has 0 aliphatic heterocycles. The van der Waals surface area contributed by atoms with Crippen molar-refractivity contribution in [1.82, 2.24) is 5.32 Å². The van der Waals surface area contributed by atoms with Crippen LogP contribution in [0.15, 0.2) is 35.9 Å². The highest BCUT2D eigenvalue weighted by atomic mass is 32.1. The van der Waals surface area contributed by atoms with E-state index in [0.717, 1.165) is 5.56 Å². The Morgan fingerprint density at radius 1 is 1.37 bits per heavy atom. The molecule has 0 saturated carbocycles. The summed E-state index contributed by atoms with van der Waals surface area (Å²) in [5, 5.41) is 11.3. The maximum atomic E-state index is 11.9. The third kappa shape index (κ3) is 5.61. The molecular formula is C14H17NO3S. The minimum atomic E-state index is -0.938. The zero-order chi connectivity index (χ0) is 14.3. The van der Waals surface area contributed by atoms with Crippen molar-refractivity contribution >= 4 is 30.6 Å². The van der Waals surface area contributed by atoms with E-state index in [-0.39, 0.29) is 12.3 Å².